The van der Waals surface area contributed by atoms with E-state index in [4.69, 9.17) is 5.11 Å². The van der Waals surface area contributed by atoms with Gasteiger partial charge in [0.05, 0.1) is 24.2 Å². The van der Waals surface area contributed by atoms with Crippen LogP contribution in [0.15, 0.2) is 6.20 Å². The number of aliphatic hydroxyl groups is 1. The molecule has 4 nitrogen and oxygen atoms in total. The Kier molecular flexibility index (Phi) is 5.18. The average Bonchev–Trinajstić information content (AvgIpc) is 2.72. The van der Waals surface area contributed by atoms with Crippen molar-refractivity contribution in [3.05, 3.63) is 11.9 Å². The Morgan fingerprint density at radius 2 is 2.20 bits per heavy atom. The number of hydrogen-bond acceptors (Lipinski definition) is 3. The van der Waals surface area contributed by atoms with Gasteiger partial charge in [0.15, 0.2) is 0 Å². The number of aromatic amines is 1. The predicted octanol–water partition coefficient (Wildman–Crippen LogP) is 1.57. The first kappa shape index (κ1) is 12.0. The van der Waals surface area contributed by atoms with E-state index < -0.39 is 0 Å². The summed E-state index contributed by atoms with van der Waals surface area (Å²) in [6.07, 6.45) is 5.11. The molecule has 15 heavy (non-hydrogen) atoms. The first-order valence-electron chi connectivity index (χ1n) is 5.71. The second kappa shape index (κ2) is 6.45. The van der Waals surface area contributed by atoms with Crippen molar-refractivity contribution in [2.45, 2.75) is 33.1 Å². The van der Waals surface area contributed by atoms with E-state index in [0.29, 0.717) is 6.54 Å². The summed E-state index contributed by atoms with van der Waals surface area (Å²) in [5, 5.41) is 16.1. The van der Waals surface area contributed by atoms with Crippen molar-refractivity contribution in [3.63, 3.8) is 0 Å². The van der Waals surface area contributed by atoms with Crippen LogP contribution >= 0.6 is 0 Å². The van der Waals surface area contributed by atoms with E-state index in [9.17, 15) is 0 Å². The number of H-pyrrole nitrogens is 1. The molecule has 0 saturated heterocycles. The van der Waals surface area contributed by atoms with Crippen molar-refractivity contribution < 1.29 is 5.11 Å². The van der Waals surface area contributed by atoms with Crippen LogP contribution in [0.4, 0.5) is 5.69 Å². The normalized spacial score (nSPS) is 10.6. The van der Waals surface area contributed by atoms with E-state index in [-0.39, 0.29) is 6.61 Å². The fourth-order valence-corrected chi connectivity index (χ4v) is 1.66. The Labute approximate surface area is 91.3 Å². The molecule has 0 saturated carbocycles. The minimum absolute atomic E-state index is 0.193. The number of unbranched alkanes of at least 4 members (excludes halogenated alkanes) is 1. The maximum atomic E-state index is 9.03. The van der Waals surface area contributed by atoms with E-state index >= 15 is 0 Å². The maximum Gasteiger partial charge on any atom is 0.0783 e. The van der Waals surface area contributed by atoms with Crippen molar-refractivity contribution in [1.29, 1.82) is 0 Å². The van der Waals surface area contributed by atoms with Gasteiger partial charge in [-0.15, -0.1) is 0 Å². The summed E-state index contributed by atoms with van der Waals surface area (Å²) >= 11 is 0. The Morgan fingerprint density at radius 1 is 1.40 bits per heavy atom. The number of nitrogens with zero attached hydrogens (tertiary/aromatic N) is 2. The smallest absolute Gasteiger partial charge is 0.0783 e. The second-order valence-corrected chi connectivity index (χ2v) is 3.65. The highest BCUT2D eigenvalue weighted by atomic mass is 16.3. The number of hydrogen-bond donors (Lipinski definition) is 2. The minimum atomic E-state index is 0.193. The van der Waals surface area contributed by atoms with Crippen LogP contribution in [0, 0.1) is 0 Å². The van der Waals surface area contributed by atoms with E-state index in [1.54, 1.807) is 0 Å². The molecule has 0 fully saturated rings. The van der Waals surface area contributed by atoms with Crippen LogP contribution in [0.2, 0.25) is 0 Å². The lowest BCUT2D eigenvalue weighted by Gasteiger charge is -2.23. The van der Waals surface area contributed by atoms with Gasteiger partial charge in [0.25, 0.3) is 0 Å². The average molecular weight is 211 g/mol. The standard InChI is InChI=1S/C11H21N3O/c1-3-5-6-14(7-8-15)11-9-12-13-10(11)4-2/h9,15H,3-8H2,1-2H3,(H,12,13). The largest absolute Gasteiger partial charge is 0.395 e. The molecule has 0 aliphatic rings. The quantitative estimate of drug-likeness (QED) is 0.720. The molecule has 2 N–H and O–H groups in total. The Bertz CT molecular complexity index is 273. The van der Waals surface area contributed by atoms with Gasteiger partial charge in [0, 0.05) is 13.1 Å². The van der Waals surface area contributed by atoms with Crippen molar-refractivity contribution in [1.82, 2.24) is 10.2 Å². The number of aryl methyl sites for hydroxylation is 1. The summed E-state index contributed by atoms with van der Waals surface area (Å²) in [5.41, 5.74) is 2.29. The van der Waals surface area contributed by atoms with Crippen LogP contribution in [0.3, 0.4) is 0 Å². The molecule has 1 aromatic heterocycles. The third-order valence-corrected chi connectivity index (χ3v) is 2.54. The predicted molar refractivity (Wildman–Crippen MR) is 62.2 cm³/mol. The molecule has 0 spiro atoms. The summed E-state index contributed by atoms with van der Waals surface area (Å²) in [6, 6.07) is 0. The summed E-state index contributed by atoms with van der Waals surface area (Å²) in [5.74, 6) is 0. The van der Waals surface area contributed by atoms with E-state index in [2.05, 4.69) is 28.9 Å². The maximum absolute atomic E-state index is 9.03. The number of anilines is 1. The molecule has 86 valence electrons. The molecule has 1 rings (SSSR count). The molecule has 0 aliphatic carbocycles. The molecule has 0 amide bonds. The lowest BCUT2D eigenvalue weighted by atomic mass is 10.2. The van der Waals surface area contributed by atoms with Crippen LogP contribution in [0.1, 0.15) is 32.4 Å². The van der Waals surface area contributed by atoms with Crippen molar-refractivity contribution in [2.24, 2.45) is 0 Å². The highest BCUT2D eigenvalue weighted by Gasteiger charge is 2.10. The molecule has 1 aromatic rings. The first-order chi connectivity index (χ1) is 7.33. The molecule has 0 aliphatic heterocycles. The SMILES string of the molecule is CCCCN(CCO)c1cn[nH]c1CC. The summed E-state index contributed by atoms with van der Waals surface area (Å²) in [6.45, 7) is 6.15. The lowest BCUT2D eigenvalue weighted by molar-refractivity contribution is 0.301. The molecule has 1 heterocycles. The van der Waals surface area contributed by atoms with Crippen LogP contribution in [-0.2, 0) is 6.42 Å². The molecule has 0 bridgehead atoms. The molecule has 4 heteroatoms. The van der Waals surface area contributed by atoms with Gasteiger partial charge in [0.2, 0.25) is 0 Å². The number of aromatic nitrogens is 2. The van der Waals surface area contributed by atoms with E-state index in [1.165, 1.54) is 6.42 Å². The molecular weight excluding hydrogens is 190 g/mol. The van der Waals surface area contributed by atoms with Gasteiger partial charge >= 0.3 is 0 Å². The zero-order chi connectivity index (χ0) is 11.1. The zero-order valence-corrected chi connectivity index (χ0v) is 9.66. The van der Waals surface area contributed by atoms with E-state index in [0.717, 1.165) is 30.8 Å². The third kappa shape index (κ3) is 3.23. The first-order valence-corrected chi connectivity index (χ1v) is 5.71. The Morgan fingerprint density at radius 3 is 2.80 bits per heavy atom. The number of rotatable bonds is 7. The summed E-state index contributed by atoms with van der Waals surface area (Å²) in [7, 11) is 0. The van der Waals surface area contributed by atoms with Crippen molar-refractivity contribution in [3.8, 4) is 0 Å². The minimum Gasteiger partial charge on any atom is -0.395 e. The van der Waals surface area contributed by atoms with Crippen LogP contribution in [-0.4, -0.2) is 35.0 Å². The molecule has 0 aromatic carbocycles. The van der Waals surface area contributed by atoms with Gasteiger partial charge < -0.3 is 10.0 Å². The van der Waals surface area contributed by atoms with Gasteiger partial charge in [-0.3, -0.25) is 5.10 Å². The third-order valence-electron chi connectivity index (χ3n) is 2.54. The topological polar surface area (TPSA) is 52.1 Å². The van der Waals surface area contributed by atoms with E-state index in [1.807, 2.05) is 6.20 Å². The highest BCUT2D eigenvalue weighted by Crippen LogP contribution is 2.18. The summed E-state index contributed by atoms with van der Waals surface area (Å²) in [4.78, 5) is 2.20. The van der Waals surface area contributed by atoms with Gasteiger partial charge in [0.1, 0.15) is 0 Å². The van der Waals surface area contributed by atoms with Gasteiger partial charge in [-0.25, -0.2) is 0 Å². The highest BCUT2D eigenvalue weighted by molar-refractivity contribution is 5.49. The Hall–Kier alpha value is -1.03. The van der Waals surface area contributed by atoms with Gasteiger partial charge in [-0.05, 0) is 12.8 Å². The lowest BCUT2D eigenvalue weighted by Crippen LogP contribution is -2.28. The molecule has 0 atom stereocenters. The molecular formula is C11H21N3O. The Balaban J connectivity index is 2.69. The van der Waals surface area contributed by atoms with Crippen LogP contribution in [0.25, 0.3) is 0 Å². The monoisotopic (exact) mass is 211 g/mol. The van der Waals surface area contributed by atoms with Crippen molar-refractivity contribution in [2.75, 3.05) is 24.6 Å². The fraction of sp³-hybridized carbons (Fsp3) is 0.727. The number of aliphatic hydroxyl groups excluding tert-OH is 1. The molecule has 0 radical (unpaired) electrons. The summed E-state index contributed by atoms with van der Waals surface area (Å²) < 4.78 is 0. The van der Waals surface area contributed by atoms with Crippen LogP contribution in [0.5, 0.6) is 0 Å². The zero-order valence-electron chi connectivity index (χ0n) is 9.66. The van der Waals surface area contributed by atoms with Gasteiger partial charge in [-0.1, -0.05) is 20.3 Å². The van der Waals surface area contributed by atoms with Crippen LogP contribution < -0.4 is 4.90 Å². The van der Waals surface area contributed by atoms with Gasteiger partial charge in [-0.2, -0.15) is 5.10 Å². The van der Waals surface area contributed by atoms with Crippen molar-refractivity contribution >= 4 is 5.69 Å². The fourth-order valence-electron chi connectivity index (χ4n) is 1.66. The second-order valence-electron chi connectivity index (χ2n) is 3.65. The molecule has 0 unspecified atom stereocenters. The number of nitrogens with one attached hydrogen (secondary N) is 1.